The van der Waals surface area contributed by atoms with Crippen LogP contribution in [0.1, 0.15) is 34.3 Å². The molecule has 32 heavy (non-hydrogen) atoms. The van der Waals surface area contributed by atoms with E-state index in [1.807, 2.05) is 6.92 Å². The fourth-order valence-electron chi connectivity index (χ4n) is 3.76. The average molecular weight is 458 g/mol. The van der Waals surface area contributed by atoms with Crippen LogP contribution >= 0.6 is 0 Å². The molecule has 2 aliphatic heterocycles. The van der Waals surface area contributed by atoms with Crippen molar-refractivity contribution in [2.24, 2.45) is 0 Å². The molecule has 0 bridgehead atoms. The molecule has 0 aromatic heterocycles. The lowest BCUT2D eigenvalue weighted by molar-refractivity contribution is -0.136. The zero-order valence-electron chi connectivity index (χ0n) is 17.4. The van der Waals surface area contributed by atoms with Crippen LogP contribution in [0.2, 0.25) is 0 Å². The van der Waals surface area contributed by atoms with Gasteiger partial charge in [-0.25, -0.2) is 0 Å². The van der Waals surface area contributed by atoms with Gasteiger partial charge in [0.25, 0.3) is 16.0 Å². The Morgan fingerprint density at radius 3 is 2.53 bits per heavy atom. The molecule has 0 saturated carbocycles. The van der Waals surface area contributed by atoms with Crippen LogP contribution < -0.4 is 10.1 Å². The third-order valence-electron chi connectivity index (χ3n) is 5.43. The Kier molecular flexibility index (Phi) is 5.98. The van der Waals surface area contributed by atoms with Crippen LogP contribution in [0.15, 0.2) is 47.4 Å². The van der Waals surface area contributed by atoms with E-state index in [-0.39, 0.29) is 49.3 Å². The molecule has 4 rings (SSSR count). The Balaban J connectivity index is 1.39. The minimum atomic E-state index is -3.90. The third-order valence-corrected chi connectivity index (χ3v) is 6.75. The quantitative estimate of drug-likeness (QED) is 0.380. The average Bonchev–Trinajstić information content (AvgIpc) is 3.09. The fourth-order valence-corrected chi connectivity index (χ4v) is 4.65. The van der Waals surface area contributed by atoms with Crippen LogP contribution in [0.25, 0.3) is 0 Å². The molecule has 1 saturated heterocycles. The lowest BCUT2D eigenvalue weighted by Gasteiger charge is -2.29. The van der Waals surface area contributed by atoms with Gasteiger partial charge >= 0.3 is 0 Å². The number of rotatable bonds is 7. The molecule has 1 atom stereocenters. The molecule has 1 fully saturated rings. The molecule has 0 aliphatic carbocycles. The molecule has 10 heteroatoms. The molecule has 1 N–H and O–H groups in total. The van der Waals surface area contributed by atoms with E-state index in [0.29, 0.717) is 16.9 Å². The number of nitrogens with one attached hydrogen (secondary N) is 1. The topological polar surface area (TPSA) is 119 Å². The number of amides is 3. The molecule has 2 aliphatic rings. The summed E-state index contributed by atoms with van der Waals surface area (Å²) in [6, 6.07) is 10.6. The third kappa shape index (κ3) is 4.37. The molecule has 0 spiro atoms. The number of carbonyl (C=O) groups excluding carboxylic acids is 3. The molecule has 0 radical (unpaired) electrons. The summed E-state index contributed by atoms with van der Waals surface area (Å²) in [4.78, 5) is 37.9. The molecule has 168 valence electrons. The SMILES string of the molecule is Cc1ccc(S(=O)(=O)OCCOc2cccc3c2CN(C2CCC(=O)NC2=O)C3=O)cc1. The summed E-state index contributed by atoms with van der Waals surface area (Å²) in [7, 11) is -3.90. The molecular weight excluding hydrogens is 436 g/mol. The number of aryl methyl sites for hydroxylation is 1. The monoisotopic (exact) mass is 458 g/mol. The maximum absolute atomic E-state index is 12.8. The smallest absolute Gasteiger partial charge is 0.297 e. The second kappa shape index (κ2) is 8.71. The zero-order chi connectivity index (χ0) is 22.9. The summed E-state index contributed by atoms with van der Waals surface area (Å²) < 4.78 is 35.3. The van der Waals surface area contributed by atoms with E-state index in [9.17, 15) is 22.8 Å². The normalized spacial score (nSPS) is 18.5. The van der Waals surface area contributed by atoms with Crippen LogP contribution in [-0.2, 0) is 30.4 Å². The van der Waals surface area contributed by atoms with Crippen molar-refractivity contribution >= 4 is 27.8 Å². The molecule has 2 aromatic rings. The molecule has 3 amide bonds. The van der Waals surface area contributed by atoms with Gasteiger partial charge in [0.1, 0.15) is 25.0 Å². The van der Waals surface area contributed by atoms with Crippen LogP contribution in [0.4, 0.5) is 0 Å². The highest BCUT2D eigenvalue weighted by Gasteiger charge is 2.40. The van der Waals surface area contributed by atoms with Crippen LogP contribution in [0, 0.1) is 6.92 Å². The van der Waals surface area contributed by atoms with E-state index < -0.39 is 22.1 Å². The minimum absolute atomic E-state index is 0.0475. The maximum Gasteiger partial charge on any atom is 0.297 e. The minimum Gasteiger partial charge on any atom is -0.491 e. The van der Waals surface area contributed by atoms with Gasteiger partial charge in [0.2, 0.25) is 11.8 Å². The van der Waals surface area contributed by atoms with Crippen molar-refractivity contribution in [1.29, 1.82) is 0 Å². The number of carbonyl (C=O) groups is 3. The largest absolute Gasteiger partial charge is 0.491 e. The van der Waals surface area contributed by atoms with E-state index >= 15 is 0 Å². The van der Waals surface area contributed by atoms with E-state index in [1.165, 1.54) is 17.0 Å². The highest BCUT2D eigenvalue weighted by Crippen LogP contribution is 2.33. The van der Waals surface area contributed by atoms with E-state index in [1.54, 1.807) is 30.3 Å². The van der Waals surface area contributed by atoms with Crippen molar-refractivity contribution in [3.63, 3.8) is 0 Å². The summed E-state index contributed by atoms with van der Waals surface area (Å²) in [6.45, 7) is 1.77. The van der Waals surface area contributed by atoms with Crippen LogP contribution in [-0.4, -0.2) is 50.3 Å². The Bertz CT molecular complexity index is 1180. The number of nitrogens with zero attached hydrogens (tertiary/aromatic N) is 1. The second-order valence-electron chi connectivity index (χ2n) is 7.62. The first-order valence-electron chi connectivity index (χ1n) is 10.1. The number of ether oxygens (including phenoxy) is 1. The number of fused-ring (bicyclic) bond motifs is 1. The summed E-state index contributed by atoms with van der Waals surface area (Å²) >= 11 is 0. The number of piperidine rings is 1. The second-order valence-corrected chi connectivity index (χ2v) is 9.24. The lowest BCUT2D eigenvalue weighted by Crippen LogP contribution is -2.52. The van der Waals surface area contributed by atoms with E-state index in [4.69, 9.17) is 8.92 Å². The van der Waals surface area contributed by atoms with Gasteiger partial charge in [0, 0.05) is 17.5 Å². The van der Waals surface area contributed by atoms with Gasteiger partial charge in [0.05, 0.1) is 11.4 Å². The van der Waals surface area contributed by atoms with Crippen molar-refractivity contribution in [2.45, 2.75) is 37.2 Å². The Morgan fingerprint density at radius 1 is 1.06 bits per heavy atom. The van der Waals surface area contributed by atoms with Crippen molar-refractivity contribution in [2.75, 3.05) is 13.2 Å². The van der Waals surface area contributed by atoms with Gasteiger partial charge < -0.3 is 9.64 Å². The first kappa shape index (κ1) is 22.0. The summed E-state index contributed by atoms with van der Waals surface area (Å²) in [6.07, 6.45) is 0.442. The van der Waals surface area contributed by atoms with Gasteiger partial charge in [-0.3, -0.25) is 23.9 Å². The first-order valence-corrected chi connectivity index (χ1v) is 11.5. The predicted molar refractivity (Wildman–Crippen MR) is 112 cm³/mol. The fraction of sp³-hybridized carbons (Fsp3) is 0.318. The molecule has 9 nitrogen and oxygen atoms in total. The van der Waals surface area contributed by atoms with Crippen LogP contribution in [0.5, 0.6) is 5.75 Å². The van der Waals surface area contributed by atoms with Gasteiger partial charge in [-0.15, -0.1) is 0 Å². The summed E-state index contributed by atoms with van der Waals surface area (Å²) in [5.74, 6) is -0.722. The number of hydrogen-bond acceptors (Lipinski definition) is 7. The Morgan fingerprint density at radius 2 is 1.81 bits per heavy atom. The lowest BCUT2D eigenvalue weighted by atomic mass is 10.0. The van der Waals surface area contributed by atoms with Gasteiger partial charge in [-0.2, -0.15) is 8.42 Å². The molecule has 2 heterocycles. The first-order chi connectivity index (χ1) is 15.3. The maximum atomic E-state index is 12.8. The van der Waals surface area contributed by atoms with Crippen molar-refractivity contribution < 1.29 is 31.7 Å². The van der Waals surface area contributed by atoms with Crippen LogP contribution in [0.3, 0.4) is 0 Å². The van der Waals surface area contributed by atoms with E-state index in [0.717, 1.165) is 5.56 Å². The highest BCUT2D eigenvalue weighted by atomic mass is 32.2. The highest BCUT2D eigenvalue weighted by molar-refractivity contribution is 7.86. The van der Waals surface area contributed by atoms with Crippen molar-refractivity contribution in [3.05, 3.63) is 59.2 Å². The molecule has 1 unspecified atom stereocenters. The van der Waals surface area contributed by atoms with Gasteiger partial charge in [-0.1, -0.05) is 23.8 Å². The predicted octanol–water partition coefficient (Wildman–Crippen LogP) is 1.54. The van der Waals surface area contributed by atoms with Crippen molar-refractivity contribution in [3.8, 4) is 5.75 Å². The molecular formula is C22H22N2O7S. The Labute approximate surface area is 185 Å². The molecule has 2 aromatic carbocycles. The Hall–Kier alpha value is -3.24. The zero-order valence-corrected chi connectivity index (χ0v) is 18.2. The summed E-state index contributed by atoms with van der Waals surface area (Å²) in [5.41, 5.74) is 1.97. The van der Waals surface area contributed by atoms with Gasteiger partial charge in [-0.05, 0) is 37.6 Å². The standard InChI is InChI=1S/C22H22N2O7S/c1-14-5-7-15(8-6-14)32(28,29)31-12-11-30-19-4-2-3-16-17(19)13-24(22(16)27)18-9-10-20(25)23-21(18)26/h2-8,18H,9-13H2,1H3,(H,23,25,26). The van der Waals surface area contributed by atoms with Crippen molar-refractivity contribution in [1.82, 2.24) is 10.2 Å². The van der Waals surface area contributed by atoms with Gasteiger partial charge in [0.15, 0.2) is 0 Å². The summed E-state index contributed by atoms with van der Waals surface area (Å²) in [5, 5.41) is 2.26. The number of benzene rings is 2. The number of hydrogen-bond donors (Lipinski definition) is 1. The number of imide groups is 1. The van der Waals surface area contributed by atoms with E-state index in [2.05, 4.69) is 5.32 Å².